The van der Waals surface area contributed by atoms with Crippen LogP contribution < -0.4 is 11.0 Å². The molecule has 110 valence electrons. The molecule has 0 fully saturated rings. The van der Waals surface area contributed by atoms with E-state index in [4.69, 9.17) is 0 Å². The van der Waals surface area contributed by atoms with Gasteiger partial charge in [-0.2, -0.15) is 0 Å². The van der Waals surface area contributed by atoms with Crippen molar-refractivity contribution >= 4 is 0 Å². The van der Waals surface area contributed by atoms with Crippen LogP contribution >= 0.6 is 0 Å². The van der Waals surface area contributed by atoms with Gasteiger partial charge in [-0.15, -0.1) is 0 Å². The summed E-state index contributed by atoms with van der Waals surface area (Å²) in [6.45, 7) is 14.6. The summed E-state index contributed by atoms with van der Waals surface area (Å²) >= 11 is 0. The summed E-state index contributed by atoms with van der Waals surface area (Å²) in [5.74, 6) is 0. The van der Waals surface area contributed by atoms with Gasteiger partial charge in [-0.25, -0.2) is 4.79 Å². The maximum Gasteiger partial charge on any atom is 0.328 e. The van der Waals surface area contributed by atoms with Crippen molar-refractivity contribution < 1.29 is 0 Å². The third kappa shape index (κ3) is 4.23. The minimum Gasteiger partial charge on any atom is -0.312 e. The van der Waals surface area contributed by atoms with Crippen molar-refractivity contribution in [2.45, 2.75) is 66.6 Å². The molecule has 0 bridgehead atoms. The Balaban J connectivity index is 2.88. The first-order valence-corrected chi connectivity index (χ1v) is 7.28. The van der Waals surface area contributed by atoms with Gasteiger partial charge in [0.2, 0.25) is 0 Å². The van der Waals surface area contributed by atoms with Crippen molar-refractivity contribution in [1.82, 2.24) is 14.5 Å². The van der Waals surface area contributed by atoms with Gasteiger partial charge >= 0.3 is 5.69 Å². The van der Waals surface area contributed by atoms with Gasteiger partial charge in [0.05, 0.1) is 0 Å². The molecule has 0 saturated carbocycles. The first-order chi connectivity index (χ1) is 8.77. The van der Waals surface area contributed by atoms with Gasteiger partial charge in [-0.1, -0.05) is 27.7 Å². The summed E-state index contributed by atoms with van der Waals surface area (Å²) in [4.78, 5) is 12.2. The highest BCUT2D eigenvalue weighted by Gasteiger charge is 2.25. The van der Waals surface area contributed by atoms with Crippen LogP contribution in [0.15, 0.2) is 17.2 Å². The van der Waals surface area contributed by atoms with E-state index in [-0.39, 0.29) is 17.1 Å². The Hall–Kier alpha value is -1.03. The standard InChI is InChI=1S/C15H29N3O/c1-7-8-16-13(15(4,5)6)11-17-9-10-18(12(2)3)14(17)19/h9-10,12-13,16H,7-8,11H2,1-6H3. The summed E-state index contributed by atoms with van der Waals surface area (Å²) in [5, 5.41) is 3.55. The quantitative estimate of drug-likeness (QED) is 0.860. The average Bonchev–Trinajstić information content (AvgIpc) is 2.64. The Labute approximate surface area is 116 Å². The fourth-order valence-electron chi connectivity index (χ4n) is 2.12. The van der Waals surface area contributed by atoms with E-state index < -0.39 is 0 Å². The van der Waals surface area contributed by atoms with Crippen LogP contribution in [0.25, 0.3) is 0 Å². The van der Waals surface area contributed by atoms with Crippen LogP contribution in [0.1, 0.15) is 54.0 Å². The predicted molar refractivity (Wildman–Crippen MR) is 80.6 cm³/mol. The zero-order valence-corrected chi connectivity index (χ0v) is 13.2. The lowest BCUT2D eigenvalue weighted by Gasteiger charge is -2.31. The lowest BCUT2D eigenvalue weighted by Crippen LogP contribution is -2.45. The van der Waals surface area contributed by atoms with E-state index in [0.29, 0.717) is 6.04 Å². The zero-order valence-electron chi connectivity index (χ0n) is 13.2. The molecule has 1 aromatic heterocycles. The second-order valence-electron chi connectivity index (χ2n) is 6.61. The van der Waals surface area contributed by atoms with Gasteiger partial charge in [0.1, 0.15) is 0 Å². The fourth-order valence-corrected chi connectivity index (χ4v) is 2.12. The zero-order chi connectivity index (χ0) is 14.6. The van der Waals surface area contributed by atoms with Gasteiger partial charge in [0.15, 0.2) is 0 Å². The highest BCUT2D eigenvalue weighted by molar-refractivity contribution is 4.88. The first kappa shape index (κ1) is 16.0. The molecule has 4 heteroatoms. The van der Waals surface area contributed by atoms with Crippen LogP contribution in [-0.4, -0.2) is 21.7 Å². The number of imidazole rings is 1. The molecule has 1 N–H and O–H groups in total. The molecule has 0 aliphatic rings. The molecule has 1 unspecified atom stereocenters. The van der Waals surface area contributed by atoms with Crippen molar-refractivity contribution in [3.8, 4) is 0 Å². The van der Waals surface area contributed by atoms with Crippen LogP contribution in [0, 0.1) is 5.41 Å². The predicted octanol–water partition coefficient (Wildman–Crippen LogP) is 2.65. The summed E-state index contributed by atoms with van der Waals surface area (Å²) in [6, 6.07) is 0.513. The summed E-state index contributed by atoms with van der Waals surface area (Å²) in [5.41, 5.74) is 0.219. The van der Waals surface area contributed by atoms with Crippen LogP contribution in [-0.2, 0) is 6.54 Å². The van der Waals surface area contributed by atoms with Crippen LogP contribution in [0.2, 0.25) is 0 Å². The molecule has 0 spiro atoms. The second-order valence-corrected chi connectivity index (χ2v) is 6.61. The Morgan fingerprint density at radius 2 is 1.89 bits per heavy atom. The molecule has 1 rings (SSSR count). The topological polar surface area (TPSA) is 39.0 Å². The average molecular weight is 267 g/mol. The number of hydrogen-bond acceptors (Lipinski definition) is 2. The molecule has 4 nitrogen and oxygen atoms in total. The first-order valence-electron chi connectivity index (χ1n) is 7.28. The maximum absolute atomic E-state index is 12.2. The molecule has 0 amide bonds. The van der Waals surface area contributed by atoms with Crippen LogP contribution in [0.3, 0.4) is 0 Å². The molecule has 19 heavy (non-hydrogen) atoms. The second kappa shape index (κ2) is 6.42. The van der Waals surface area contributed by atoms with Gasteiger partial charge in [-0.05, 0) is 32.2 Å². The van der Waals surface area contributed by atoms with Gasteiger partial charge in [0.25, 0.3) is 0 Å². The monoisotopic (exact) mass is 267 g/mol. The number of nitrogens with zero attached hydrogens (tertiary/aromatic N) is 2. The molecule has 1 atom stereocenters. The summed E-state index contributed by atoms with van der Waals surface area (Å²) < 4.78 is 3.60. The van der Waals surface area contributed by atoms with E-state index in [1.807, 2.05) is 30.8 Å². The summed E-state index contributed by atoms with van der Waals surface area (Å²) in [6.07, 6.45) is 4.88. The molecular formula is C15H29N3O. The number of nitrogens with one attached hydrogen (secondary N) is 1. The van der Waals surface area contributed by atoms with E-state index in [2.05, 4.69) is 33.0 Å². The fraction of sp³-hybridized carbons (Fsp3) is 0.800. The SMILES string of the molecule is CCCNC(Cn1ccn(C(C)C)c1=O)C(C)(C)C. The number of hydrogen-bond donors (Lipinski definition) is 1. The largest absolute Gasteiger partial charge is 0.328 e. The molecule has 1 aromatic rings. The van der Waals surface area contributed by atoms with E-state index in [1.54, 1.807) is 4.57 Å². The van der Waals surface area contributed by atoms with Crippen molar-refractivity contribution in [3.63, 3.8) is 0 Å². The van der Waals surface area contributed by atoms with E-state index in [1.165, 1.54) is 0 Å². The summed E-state index contributed by atoms with van der Waals surface area (Å²) in [7, 11) is 0. The van der Waals surface area contributed by atoms with Crippen molar-refractivity contribution in [1.29, 1.82) is 0 Å². The van der Waals surface area contributed by atoms with Crippen LogP contribution in [0.4, 0.5) is 0 Å². The molecule has 0 aromatic carbocycles. The Kier molecular flexibility index (Phi) is 5.41. The number of rotatable bonds is 6. The number of aromatic nitrogens is 2. The van der Waals surface area contributed by atoms with Crippen molar-refractivity contribution in [2.75, 3.05) is 6.54 Å². The molecule has 0 aliphatic heterocycles. The van der Waals surface area contributed by atoms with Gasteiger partial charge < -0.3 is 5.32 Å². The lowest BCUT2D eigenvalue weighted by molar-refractivity contribution is 0.240. The van der Waals surface area contributed by atoms with E-state index in [0.717, 1.165) is 19.5 Å². The third-order valence-electron chi connectivity index (χ3n) is 3.50. The normalized spacial score (nSPS) is 14.1. The van der Waals surface area contributed by atoms with E-state index in [9.17, 15) is 4.79 Å². The third-order valence-corrected chi connectivity index (χ3v) is 3.50. The smallest absolute Gasteiger partial charge is 0.312 e. The highest BCUT2D eigenvalue weighted by atomic mass is 16.1. The highest BCUT2D eigenvalue weighted by Crippen LogP contribution is 2.20. The van der Waals surface area contributed by atoms with Crippen molar-refractivity contribution in [3.05, 3.63) is 22.9 Å². The molecule has 1 heterocycles. The minimum atomic E-state index is 0.0857. The molecular weight excluding hydrogens is 238 g/mol. The van der Waals surface area contributed by atoms with Crippen LogP contribution in [0.5, 0.6) is 0 Å². The Morgan fingerprint density at radius 3 is 2.32 bits per heavy atom. The Bertz CT molecular complexity index is 437. The van der Waals surface area contributed by atoms with Crippen molar-refractivity contribution in [2.24, 2.45) is 5.41 Å². The molecule has 0 aliphatic carbocycles. The minimum absolute atomic E-state index is 0.0857. The maximum atomic E-state index is 12.2. The Morgan fingerprint density at radius 1 is 1.26 bits per heavy atom. The van der Waals surface area contributed by atoms with Gasteiger partial charge in [0, 0.05) is 31.0 Å². The van der Waals surface area contributed by atoms with E-state index >= 15 is 0 Å². The van der Waals surface area contributed by atoms with Gasteiger partial charge in [-0.3, -0.25) is 9.13 Å². The lowest BCUT2D eigenvalue weighted by atomic mass is 9.86. The molecule has 0 saturated heterocycles. The molecule has 0 radical (unpaired) electrons.